The van der Waals surface area contributed by atoms with Crippen LogP contribution in [-0.2, 0) is 6.42 Å². The predicted octanol–water partition coefficient (Wildman–Crippen LogP) is 2.33. The third kappa shape index (κ3) is 1.26. The predicted molar refractivity (Wildman–Crippen MR) is 51.4 cm³/mol. The topological polar surface area (TPSA) is 29.5 Å². The van der Waals surface area contributed by atoms with E-state index in [1.165, 1.54) is 5.56 Å². The molecule has 70 valence electrons. The number of aryl methyl sites for hydroxylation is 1. The van der Waals surface area contributed by atoms with Crippen LogP contribution < -0.4 is 4.74 Å². The molecule has 0 aromatic heterocycles. The van der Waals surface area contributed by atoms with Crippen LogP contribution in [0.25, 0.3) is 0 Å². The Kier molecular flexibility index (Phi) is 1.91. The molecule has 13 heavy (non-hydrogen) atoms. The molecule has 1 aromatic carbocycles. The van der Waals surface area contributed by atoms with E-state index in [2.05, 4.69) is 0 Å². The van der Waals surface area contributed by atoms with Gasteiger partial charge in [0.25, 0.3) is 0 Å². The molecule has 1 heterocycles. The van der Waals surface area contributed by atoms with Gasteiger partial charge in [-0.3, -0.25) is 0 Å². The lowest BCUT2D eigenvalue weighted by Crippen LogP contribution is -2.10. The fourth-order valence-corrected chi connectivity index (χ4v) is 1.85. The van der Waals surface area contributed by atoms with Gasteiger partial charge in [0.05, 0.1) is 6.61 Å². The highest BCUT2D eigenvalue weighted by atomic mass is 16.5. The number of benzene rings is 1. The van der Waals surface area contributed by atoms with Crippen molar-refractivity contribution in [1.82, 2.24) is 0 Å². The summed E-state index contributed by atoms with van der Waals surface area (Å²) >= 11 is 0. The molecular formula is C11H14O2. The first kappa shape index (κ1) is 8.42. The molecular weight excluding hydrogens is 164 g/mol. The first-order valence-electron chi connectivity index (χ1n) is 4.65. The summed E-state index contributed by atoms with van der Waals surface area (Å²) in [4.78, 5) is 0. The van der Waals surface area contributed by atoms with Crippen LogP contribution in [0, 0.1) is 13.8 Å². The zero-order chi connectivity index (χ0) is 9.42. The highest BCUT2D eigenvalue weighted by Gasteiger charge is 2.16. The van der Waals surface area contributed by atoms with E-state index in [1.807, 2.05) is 19.9 Å². The Morgan fingerprint density at radius 2 is 2.15 bits per heavy atom. The fraction of sp³-hybridized carbons (Fsp3) is 0.455. The maximum atomic E-state index is 9.71. The molecule has 1 N–H and O–H groups in total. The van der Waals surface area contributed by atoms with Crippen molar-refractivity contribution in [3.05, 3.63) is 22.8 Å². The molecule has 0 radical (unpaired) electrons. The second-order valence-corrected chi connectivity index (χ2v) is 3.60. The lowest BCUT2D eigenvalue weighted by Gasteiger charge is -2.20. The summed E-state index contributed by atoms with van der Waals surface area (Å²) in [5.41, 5.74) is 3.06. The van der Waals surface area contributed by atoms with Crippen molar-refractivity contribution in [3.63, 3.8) is 0 Å². The summed E-state index contributed by atoms with van der Waals surface area (Å²) in [5.74, 6) is 1.38. The first-order chi connectivity index (χ1) is 6.20. The molecule has 0 spiro atoms. The van der Waals surface area contributed by atoms with Gasteiger partial charge in [-0.1, -0.05) is 0 Å². The second kappa shape index (κ2) is 2.95. The smallest absolute Gasteiger partial charge is 0.123 e. The molecule has 0 atom stereocenters. The van der Waals surface area contributed by atoms with Crippen molar-refractivity contribution in [2.45, 2.75) is 26.7 Å². The summed E-state index contributed by atoms with van der Waals surface area (Å²) < 4.78 is 5.53. The molecule has 0 saturated heterocycles. The number of aromatic hydroxyl groups is 1. The Bertz CT molecular complexity index is 342. The van der Waals surface area contributed by atoms with Crippen LogP contribution >= 0.6 is 0 Å². The lowest BCUT2D eigenvalue weighted by molar-refractivity contribution is 0.286. The molecule has 2 nitrogen and oxygen atoms in total. The monoisotopic (exact) mass is 178 g/mol. The quantitative estimate of drug-likeness (QED) is 0.660. The normalized spacial score (nSPS) is 14.9. The van der Waals surface area contributed by atoms with Crippen LogP contribution in [0.3, 0.4) is 0 Å². The molecule has 1 aliphatic heterocycles. The number of rotatable bonds is 0. The minimum absolute atomic E-state index is 0.421. The van der Waals surface area contributed by atoms with Crippen molar-refractivity contribution < 1.29 is 9.84 Å². The zero-order valence-corrected chi connectivity index (χ0v) is 8.05. The standard InChI is InChI=1S/C11H14O2/c1-7-6-10-9(4-3-5-13-10)8(2)11(7)12/h6,12H,3-5H2,1-2H3. The summed E-state index contributed by atoms with van der Waals surface area (Å²) in [6.45, 7) is 4.66. The molecule has 1 aliphatic rings. The van der Waals surface area contributed by atoms with Gasteiger partial charge in [0, 0.05) is 5.56 Å². The maximum absolute atomic E-state index is 9.71. The van der Waals surface area contributed by atoms with Crippen LogP contribution in [0.4, 0.5) is 0 Å². The summed E-state index contributed by atoms with van der Waals surface area (Å²) in [7, 11) is 0. The van der Waals surface area contributed by atoms with E-state index in [0.717, 1.165) is 36.3 Å². The highest BCUT2D eigenvalue weighted by molar-refractivity contribution is 5.52. The van der Waals surface area contributed by atoms with E-state index in [-0.39, 0.29) is 0 Å². The van der Waals surface area contributed by atoms with E-state index < -0.39 is 0 Å². The summed E-state index contributed by atoms with van der Waals surface area (Å²) in [6, 6.07) is 1.93. The van der Waals surface area contributed by atoms with Crippen molar-refractivity contribution in [2.24, 2.45) is 0 Å². The molecule has 0 unspecified atom stereocenters. The van der Waals surface area contributed by atoms with Gasteiger partial charge in [0.2, 0.25) is 0 Å². The molecule has 0 aliphatic carbocycles. The molecule has 0 saturated carbocycles. The molecule has 1 aromatic rings. The maximum Gasteiger partial charge on any atom is 0.123 e. The van der Waals surface area contributed by atoms with Gasteiger partial charge in [-0.2, -0.15) is 0 Å². The molecule has 2 rings (SSSR count). The number of fused-ring (bicyclic) bond motifs is 1. The first-order valence-corrected chi connectivity index (χ1v) is 4.65. The Hall–Kier alpha value is -1.18. The van der Waals surface area contributed by atoms with E-state index in [0.29, 0.717) is 5.75 Å². The van der Waals surface area contributed by atoms with Gasteiger partial charge < -0.3 is 9.84 Å². The summed E-state index contributed by atoms with van der Waals surface area (Å²) in [5, 5.41) is 9.71. The van der Waals surface area contributed by atoms with Crippen molar-refractivity contribution in [2.75, 3.05) is 6.61 Å². The number of phenols is 1. The SMILES string of the molecule is Cc1cc2c(c(C)c1O)CCCO2. The van der Waals surface area contributed by atoms with Crippen molar-refractivity contribution in [3.8, 4) is 11.5 Å². The van der Waals surface area contributed by atoms with E-state index in [1.54, 1.807) is 0 Å². The lowest BCUT2D eigenvalue weighted by atomic mass is 9.97. The average Bonchev–Trinajstić information content (AvgIpc) is 2.15. The Labute approximate surface area is 78.2 Å². The Morgan fingerprint density at radius 3 is 2.92 bits per heavy atom. The van der Waals surface area contributed by atoms with E-state index >= 15 is 0 Å². The average molecular weight is 178 g/mol. The largest absolute Gasteiger partial charge is 0.507 e. The van der Waals surface area contributed by atoms with Crippen LogP contribution in [-0.4, -0.2) is 11.7 Å². The Morgan fingerprint density at radius 1 is 1.38 bits per heavy atom. The molecule has 0 fully saturated rings. The van der Waals surface area contributed by atoms with Crippen LogP contribution in [0.2, 0.25) is 0 Å². The number of hydrogen-bond acceptors (Lipinski definition) is 2. The second-order valence-electron chi connectivity index (χ2n) is 3.60. The van der Waals surface area contributed by atoms with E-state index in [9.17, 15) is 5.11 Å². The van der Waals surface area contributed by atoms with Gasteiger partial charge in [-0.15, -0.1) is 0 Å². The van der Waals surface area contributed by atoms with Gasteiger partial charge in [0.1, 0.15) is 11.5 Å². The van der Waals surface area contributed by atoms with Crippen LogP contribution in [0.1, 0.15) is 23.1 Å². The van der Waals surface area contributed by atoms with Crippen LogP contribution in [0.15, 0.2) is 6.07 Å². The van der Waals surface area contributed by atoms with Crippen molar-refractivity contribution >= 4 is 0 Å². The fourth-order valence-electron chi connectivity index (χ4n) is 1.85. The molecule has 2 heteroatoms. The summed E-state index contributed by atoms with van der Waals surface area (Å²) in [6.07, 6.45) is 2.07. The number of hydrogen-bond donors (Lipinski definition) is 1. The minimum atomic E-state index is 0.421. The third-order valence-electron chi connectivity index (χ3n) is 2.66. The van der Waals surface area contributed by atoms with E-state index in [4.69, 9.17) is 4.74 Å². The third-order valence-corrected chi connectivity index (χ3v) is 2.66. The van der Waals surface area contributed by atoms with Crippen LogP contribution in [0.5, 0.6) is 11.5 Å². The molecule has 0 bridgehead atoms. The van der Waals surface area contributed by atoms with Crippen molar-refractivity contribution in [1.29, 1.82) is 0 Å². The van der Waals surface area contributed by atoms with Gasteiger partial charge >= 0.3 is 0 Å². The zero-order valence-electron chi connectivity index (χ0n) is 8.05. The van der Waals surface area contributed by atoms with Gasteiger partial charge in [0.15, 0.2) is 0 Å². The van der Waals surface area contributed by atoms with Gasteiger partial charge in [-0.05, 0) is 43.9 Å². The Balaban J connectivity index is 2.60. The molecule has 0 amide bonds. The number of phenolic OH excluding ortho intramolecular Hbond substituents is 1. The highest BCUT2D eigenvalue weighted by Crippen LogP contribution is 2.35. The number of ether oxygens (including phenoxy) is 1. The minimum Gasteiger partial charge on any atom is -0.507 e. The van der Waals surface area contributed by atoms with Gasteiger partial charge in [-0.25, -0.2) is 0 Å².